The number of rotatable bonds is 3. The maximum absolute atomic E-state index is 11.7. The highest BCUT2D eigenvalue weighted by Gasteiger charge is 2.27. The average molecular weight is 232 g/mol. The Bertz CT molecular complexity index is 508. The second-order valence-corrected chi connectivity index (χ2v) is 3.59. The molecule has 5 heteroatoms. The Morgan fingerprint density at radius 1 is 1.24 bits per heavy atom. The lowest BCUT2D eigenvalue weighted by atomic mass is 10.2. The molecule has 17 heavy (non-hydrogen) atoms. The van der Waals surface area contributed by atoms with Crippen LogP contribution in [-0.2, 0) is 9.59 Å². The van der Waals surface area contributed by atoms with Gasteiger partial charge in [-0.15, -0.1) is 0 Å². The van der Waals surface area contributed by atoms with E-state index in [-0.39, 0.29) is 17.5 Å². The largest absolute Gasteiger partial charge is 0.495 e. The lowest BCUT2D eigenvalue weighted by molar-refractivity contribution is -0.135. The molecule has 0 spiro atoms. The van der Waals surface area contributed by atoms with Gasteiger partial charge in [-0.3, -0.25) is 14.5 Å². The molecule has 88 valence electrons. The first-order chi connectivity index (χ1) is 8.13. The molecule has 5 nitrogen and oxygen atoms in total. The van der Waals surface area contributed by atoms with Gasteiger partial charge in [0.1, 0.15) is 11.4 Å². The lowest BCUT2D eigenvalue weighted by Crippen LogP contribution is -2.27. The highest BCUT2D eigenvalue weighted by Crippen LogP contribution is 2.25. The molecular formula is C12H12N2O3. The van der Waals surface area contributed by atoms with Crippen LogP contribution in [0.25, 0.3) is 0 Å². The van der Waals surface area contributed by atoms with E-state index in [9.17, 15) is 9.59 Å². The summed E-state index contributed by atoms with van der Waals surface area (Å²) in [6, 6.07) is 7.19. The highest BCUT2D eigenvalue weighted by molar-refractivity contribution is 6.17. The number of imide groups is 1. The summed E-state index contributed by atoms with van der Waals surface area (Å²) in [5.41, 5.74) is 0.903. The molecule has 0 aromatic heterocycles. The summed E-state index contributed by atoms with van der Waals surface area (Å²) < 4.78 is 5.14. The minimum Gasteiger partial charge on any atom is -0.495 e. The van der Waals surface area contributed by atoms with Gasteiger partial charge in [-0.05, 0) is 12.1 Å². The van der Waals surface area contributed by atoms with Crippen LogP contribution in [0.5, 0.6) is 5.75 Å². The quantitative estimate of drug-likeness (QED) is 0.789. The fourth-order valence-corrected chi connectivity index (χ4v) is 1.55. The second kappa shape index (κ2) is 4.29. The molecule has 0 aliphatic carbocycles. The smallest absolute Gasteiger partial charge is 0.277 e. The SMILES string of the molecule is COc1ccccc1NC1=CC(=O)N(C)C1=O. The second-order valence-electron chi connectivity index (χ2n) is 3.59. The van der Waals surface area contributed by atoms with Crippen LogP contribution < -0.4 is 10.1 Å². The van der Waals surface area contributed by atoms with Crippen LogP contribution in [0.2, 0.25) is 0 Å². The fourth-order valence-electron chi connectivity index (χ4n) is 1.55. The first-order valence-corrected chi connectivity index (χ1v) is 5.07. The van der Waals surface area contributed by atoms with Crippen molar-refractivity contribution in [3.63, 3.8) is 0 Å². The molecule has 0 unspecified atom stereocenters. The van der Waals surface area contributed by atoms with Gasteiger partial charge in [-0.2, -0.15) is 0 Å². The van der Waals surface area contributed by atoms with E-state index in [1.165, 1.54) is 13.1 Å². The Morgan fingerprint density at radius 2 is 1.94 bits per heavy atom. The zero-order chi connectivity index (χ0) is 12.4. The summed E-state index contributed by atoms with van der Waals surface area (Å²) in [5.74, 6) is -0.0588. The maximum Gasteiger partial charge on any atom is 0.277 e. The monoisotopic (exact) mass is 232 g/mol. The predicted molar refractivity (Wildman–Crippen MR) is 62.5 cm³/mol. The number of nitrogens with zero attached hydrogens (tertiary/aromatic N) is 1. The Labute approximate surface area is 98.7 Å². The van der Waals surface area contributed by atoms with E-state index in [1.54, 1.807) is 19.2 Å². The predicted octanol–water partition coefficient (Wildman–Crippen LogP) is 0.990. The number of amides is 2. The van der Waals surface area contributed by atoms with Gasteiger partial charge in [0.15, 0.2) is 0 Å². The normalized spacial score (nSPS) is 14.9. The summed E-state index contributed by atoms with van der Waals surface area (Å²) in [4.78, 5) is 24.0. The Morgan fingerprint density at radius 3 is 2.53 bits per heavy atom. The number of para-hydroxylation sites is 2. The van der Waals surface area contributed by atoms with Gasteiger partial charge in [-0.1, -0.05) is 12.1 Å². The van der Waals surface area contributed by atoms with E-state index in [0.717, 1.165) is 4.90 Å². The van der Waals surface area contributed by atoms with Crippen LogP contribution in [0, 0.1) is 0 Å². The van der Waals surface area contributed by atoms with Crippen molar-refractivity contribution in [2.24, 2.45) is 0 Å². The summed E-state index contributed by atoms with van der Waals surface area (Å²) in [6.45, 7) is 0. The zero-order valence-corrected chi connectivity index (χ0v) is 9.56. The zero-order valence-electron chi connectivity index (χ0n) is 9.56. The van der Waals surface area contributed by atoms with Crippen molar-refractivity contribution in [3.05, 3.63) is 36.0 Å². The molecule has 0 radical (unpaired) electrons. The van der Waals surface area contributed by atoms with Crippen molar-refractivity contribution in [3.8, 4) is 5.75 Å². The number of benzene rings is 1. The van der Waals surface area contributed by atoms with E-state index in [2.05, 4.69) is 5.32 Å². The van der Waals surface area contributed by atoms with Crippen molar-refractivity contribution in [1.82, 2.24) is 4.90 Å². The third-order valence-corrected chi connectivity index (χ3v) is 2.51. The van der Waals surface area contributed by atoms with Crippen LogP contribution in [0.1, 0.15) is 0 Å². The number of methoxy groups -OCH3 is 1. The van der Waals surface area contributed by atoms with Gasteiger partial charge >= 0.3 is 0 Å². The number of likely N-dealkylation sites (N-methyl/N-ethyl adjacent to an activating group) is 1. The first-order valence-electron chi connectivity index (χ1n) is 5.07. The fraction of sp³-hybridized carbons (Fsp3) is 0.167. The molecule has 1 aliphatic heterocycles. The molecule has 1 heterocycles. The highest BCUT2D eigenvalue weighted by atomic mass is 16.5. The standard InChI is InChI=1S/C12H12N2O3/c1-14-11(15)7-9(12(14)16)13-8-5-3-4-6-10(8)17-2/h3-7,13H,1-2H3. The molecule has 0 bridgehead atoms. The van der Waals surface area contributed by atoms with Crippen LogP contribution in [0.3, 0.4) is 0 Å². The maximum atomic E-state index is 11.7. The molecular weight excluding hydrogens is 220 g/mol. The van der Waals surface area contributed by atoms with E-state index in [1.807, 2.05) is 12.1 Å². The molecule has 0 fully saturated rings. The van der Waals surface area contributed by atoms with Crippen molar-refractivity contribution >= 4 is 17.5 Å². The van der Waals surface area contributed by atoms with Gasteiger partial charge in [0.2, 0.25) is 0 Å². The number of nitrogens with one attached hydrogen (secondary N) is 1. The van der Waals surface area contributed by atoms with Crippen LogP contribution in [-0.4, -0.2) is 30.9 Å². The minimum atomic E-state index is -0.346. The van der Waals surface area contributed by atoms with Gasteiger partial charge in [0.25, 0.3) is 11.8 Å². The number of carbonyl (C=O) groups is 2. The molecule has 1 aromatic carbocycles. The van der Waals surface area contributed by atoms with Crippen LogP contribution in [0.15, 0.2) is 36.0 Å². The van der Waals surface area contributed by atoms with Crippen molar-refractivity contribution in [2.45, 2.75) is 0 Å². The molecule has 2 amide bonds. The van der Waals surface area contributed by atoms with E-state index < -0.39 is 0 Å². The lowest BCUT2D eigenvalue weighted by Gasteiger charge is -2.11. The summed E-state index contributed by atoms with van der Waals surface area (Å²) >= 11 is 0. The van der Waals surface area contributed by atoms with Gasteiger partial charge < -0.3 is 10.1 Å². The Hall–Kier alpha value is -2.30. The molecule has 2 rings (SSSR count). The summed E-state index contributed by atoms with van der Waals surface area (Å²) in [5, 5.41) is 2.90. The van der Waals surface area contributed by atoms with Crippen LogP contribution >= 0.6 is 0 Å². The number of ether oxygens (including phenoxy) is 1. The average Bonchev–Trinajstić information content (AvgIpc) is 2.58. The molecule has 0 saturated heterocycles. The number of hydrogen-bond acceptors (Lipinski definition) is 4. The summed E-state index contributed by atoms with van der Waals surface area (Å²) in [7, 11) is 2.99. The Balaban J connectivity index is 2.25. The van der Waals surface area contributed by atoms with Gasteiger partial charge in [0.05, 0.1) is 12.8 Å². The minimum absolute atomic E-state index is 0.252. The molecule has 1 aliphatic rings. The van der Waals surface area contributed by atoms with E-state index >= 15 is 0 Å². The third-order valence-electron chi connectivity index (χ3n) is 2.51. The van der Waals surface area contributed by atoms with Gasteiger partial charge in [-0.25, -0.2) is 0 Å². The van der Waals surface area contributed by atoms with Crippen molar-refractivity contribution < 1.29 is 14.3 Å². The third kappa shape index (κ3) is 1.99. The topological polar surface area (TPSA) is 58.6 Å². The first kappa shape index (κ1) is 11.2. The number of carbonyl (C=O) groups excluding carboxylic acids is 2. The molecule has 0 atom stereocenters. The van der Waals surface area contributed by atoms with Crippen molar-refractivity contribution in [1.29, 1.82) is 0 Å². The molecule has 1 aromatic rings. The number of anilines is 1. The summed E-state index contributed by atoms with van der Waals surface area (Å²) in [6.07, 6.45) is 1.27. The van der Waals surface area contributed by atoms with E-state index in [4.69, 9.17) is 4.74 Å². The van der Waals surface area contributed by atoms with Crippen LogP contribution in [0.4, 0.5) is 5.69 Å². The number of hydrogen-bond donors (Lipinski definition) is 1. The van der Waals surface area contributed by atoms with Gasteiger partial charge in [0, 0.05) is 13.1 Å². The Kier molecular flexibility index (Phi) is 2.82. The van der Waals surface area contributed by atoms with Crippen molar-refractivity contribution in [2.75, 3.05) is 19.5 Å². The molecule has 0 saturated carbocycles. The molecule has 1 N–H and O–H groups in total. The van der Waals surface area contributed by atoms with E-state index in [0.29, 0.717) is 11.4 Å².